The molecule has 1 aromatic heterocycles. The minimum absolute atomic E-state index is 0.0735. The maximum Gasteiger partial charge on any atom is 0.351 e. The summed E-state index contributed by atoms with van der Waals surface area (Å²) < 4.78 is 19.0. The molecule has 0 spiro atoms. The number of rotatable bonds is 2. The third-order valence-corrected chi connectivity index (χ3v) is 3.21. The van der Waals surface area contributed by atoms with Crippen LogP contribution < -0.4 is 11.4 Å². The summed E-state index contributed by atoms with van der Waals surface area (Å²) in [6.45, 7) is -0.533. The molecule has 0 radical (unpaired) electrons. The van der Waals surface area contributed by atoms with Gasteiger partial charge < -0.3 is 20.7 Å². The number of nitrogen functional groups attached to an aromatic ring is 1. The Labute approximate surface area is 127 Å². The summed E-state index contributed by atoms with van der Waals surface area (Å²) in [7, 11) is 0. The zero-order valence-electron chi connectivity index (χ0n) is 10.5. The van der Waals surface area contributed by atoms with Crippen LogP contribution in [0.15, 0.2) is 22.9 Å². The molecule has 3 atom stereocenters. The lowest BCUT2D eigenvalue weighted by Gasteiger charge is -2.17. The van der Waals surface area contributed by atoms with Crippen molar-refractivity contribution >= 4 is 21.7 Å². The summed E-state index contributed by atoms with van der Waals surface area (Å²) in [4.78, 5) is 17.9. The molecule has 2 heterocycles. The molecule has 0 amide bonds. The van der Waals surface area contributed by atoms with Gasteiger partial charge in [0.2, 0.25) is 0 Å². The van der Waals surface area contributed by atoms with E-state index in [1.807, 2.05) is 0 Å². The average Bonchev–Trinajstić information content (AvgIpc) is 2.78. The Morgan fingerprint density at radius 1 is 1.67 bits per heavy atom. The van der Waals surface area contributed by atoms with E-state index in [1.54, 1.807) is 0 Å². The van der Waals surface area contributed by atoms with Crippen molar-refractivity contribution in [2.24, 2.45) is 0 Å². The average molecular weight is 360 g/mol. The molecule has 1 fully saturated rings. The molecule has 112 valence electrons. The Hall–Kier alpha value is -1.73. The first-order chi connectivity index (χ1) is 10.0. The van der Waals surface area contributed by atoms with Crippen molar-refractivity contribution in [1.29, 1.82) is 0 Å². The molecule has 1 aliphatic rings. The number of nitrogens with two attached hydrogens (primary N) is 1. The number of anilines is 1. The van der Waals surface area contributed by atoms with Crippen LogP contribution in [0.25, 0.3) is 0 Å². The van der Waals surface area contributed by atoms with Crippen molar-refractivity contribution in [2.45, 2.75) is 18.4 Å². The number of hydrogen-bond donors (Lipinski definition) is 3. The predicted molar refractivity (Wildman–Crippen MR) is 74.9 cm³/mol. The highest BCUT2D eigenvalue weighted by atomic mass is 79.9. The summed E-state index contributed by atoms with van der Waals surface area (Å²) in [6.07, 6.45) is -2.28. The van der Waals surface area contributed by atoms with Crippen molar-refractivity contribution in [3.05, 3.63) is 34.1 Å². The molecule has 0 aromatic carbocycles. The van der Waals surface area contributed by atoms with Crippen molar-refractivity contribution in [2.75, 3.05) is 12.3 Å². The first-order valence-corrected chi connectivity index (χ1v) is 6.57. The quantitative estimate of drug-likeness (QED) is 0.621. The van der Waals surface area contributed by atoms with Gasteiger partial charge in [0, 0.05) is 27.7 Å². The SMILES string of the molecule is Nc1nc(=O)n(C2OC(CO)C(=CF)C2O)cc1C#CBr. The molecule has 1 saturated heterocycles. The standard InChI is InChI=1S/C12H11BrFN3O4/c13-2-1-6-4-17(12(20)16-10(6)15)11-9(19)7(3-14)8(5-18)21-11/h3-4,8-9,11,18-19H,5H2,(H2,15,16,20). The van der Waals surface area contributed by atoms with Crippen LogP contribution in [0, 0.1) is 10.8 Å². The van der Waals surface area contributed by atoms with Crippen molar-refractivity contribution in [1.82, 2.24) is 9.55 Å². The van der Waals surface area contributed by atoms with Gasteiger partial charge in [-0.1, -0.05) is 0 Å². The normalized spacial score (nSPS) is 26.7. The summed E-state index contributed by atoms with van der Waals surface area (Å²) in [5.41, 5.74) is 4.85. The highest BCUT2D eigenvalue weighted by molar-refractivity contribution is 9.12. The van der Waals surface area contributed by atoms with Crippen LogP contribution in [0.2, 0.25) is 0 Å². The van der Waals surface area contributed by atoms with E-state index in [2.05, 4.69) is 31.7 Å². The van der Waals surface area contributed by atoms with Gasteiger partial charge in [0.15, 0.2) is 6.23 Å². The molecule has 9 heteroatoms. The van der Waals surface area contributed by atoms with Crippen LogP contribution >= 0.6 is 15.9 Å². The van der Waals surface area contributed by atoms with E-state index in [-0.39, 0.29) is 23.3 Å². The number of ether oxygens (including phenoxy) is 1. The van der Waals surface area contributed by atoms with Crippen molar-refractivity contribution in [3.8, 4) is 10.8 Å². The number of aliphatic hydroxyl groups excluding tert-OH is 2. The lowest BCUT2D eigenvalue weighted by Crippen LogP contribution is -2.33. The van der Waals surface area contributed by atoms with Crippen LogP contribution in [0.1, 0.15) is 11.8 Å². The fraction of sp³-hybridized carbons (Fsp3) is 0.333. The van der Waals surface area contributed by atoms with Crippen molar-refractivity contribution in [3.63, 3.8) is 0 Å². The molecular formula is C12H11BrFN3O4. The largest absolute Gasteiger partial charge is 0.393 e. The molecule has 0 bridgehead atoms. The fourth-order valence-electron chi connectivity index (χ4n) is 1.99. The highest BCUT2D eigenvalue weighted by Gasteiger charge is 2.40. The number of hydrogen-bond acceptors (Lipinski definition) is 6. The van der Waals surface area contributed by atoms with Crippen LogP contribution in [0.4, 0.5) is 10.2 Å². The predicted octanol–water partition coefficient (Wildman–Crippen LogP) is -0.367. The van der Waals surface area contributed by atoms with E-state index in [9.17, 15) is 14.3 Å². The zero-order chi connectivity index (χ0) is 15.6. The van der Waals surface area contributed by atoms with Gasteiger partial charge in [0.1, 0.15) is 18.0 Å². The summed E-state index contributed by atoms with van der Waals surface area (Å²) in [5.74, 6) is 2.50. The Morgan fingerprint density at radius 2 is 2.38 bits per heavy atom. The van der Waals surface area contributed by atoms with Crippen LogP contribution in [-0.4, -0.2) is 38.6 Å². The van der Waals surface area contributed by atoms with E-state index in [0.717, 1.165) is 4.57 Å². The Bertz CT molecular complexity index is 694. The monoisotopic (exact) mass is 359 g/mol. The smallest absolute Gasteiger partial charge is 0.351 e. The summed E-state index contributed by atoms with van der Waals surface area (Å²) in [6, 6.07) is 0. The molecule has 1 aliphatic heterocycles. The van der Waals surface area contributed by atoms with Gasteiger partial charge in [-0.05, 0) is 10.8 Å². The van der Waals surface area contributed by atoms with Gasteiger partial charge in [-0.3, -0.25) is 4.57 Å². The molecule has 3 unspecified atom stereocenters. The second-order valence-electron chi connectivity index (χ2n) is 4.20. The molecule has 7 nitrogen and oxygen atoms in total. The van der Waals surface area contributed by atoms with Gasteiger partial charge in [-0.25, -0.2) is 9.18 Å². The lowest BCUT2D eigenvalue weighted by atomic mass is 10.1. The summed E-state index contributed by atoms with van der Waals surface area (Å²) >= 11 is 2.90. The van der Waals surface area contributed by atoms with Gasteiger partial charge >= 0.3 is 5.69 Å². The van der Waals surface area contributed by atoms with Gasteiger partial charge in [-0.15, -0.1) is 0 Å². The minimum atomic E-state index is -1.43. The third-order valence-electron chi connectivity index (χ3n) is 3.02. The van der Waals surface area contributed by atoms with E-state index < -0.39 is 30.7 Å². The Kier molecular flexibility index (Phi) is 4.74. The molecule has 4 N–H and O–H groups in total. The minimum Gasteiger partial charge on any atom is -0.393 e. The first-order valence-electron chi connectivity index (χ1n) is 5.78. The lowest BCUT2D eigenvalue weighted by molar-refractivity contribution is -0.0527. The first kappa shape index (κ1) is 15.7. The second-order valence-corrected chi connectivity index (χ2v) is 4.60. The number of aromatic nitrogens is 2. The summed E-state index contributed by atoms with van der Waals surface area (Å²) in [5, 5.41) is 19.1. The number of halogens is 2. The molecule has 0 aliphatic carbocycles. The van der Waals surface area contributed by atoms with E-state index in [0.29, 0.717) is 0 Å². The molecule has 21 heavy (non-hydrogen) atoms. The third kappa shape index (κ3) is 2.84. The van der Waals surface area contributed by atoms with Crippen LogP contribution in [0.5, 0.6) is 0 Å². The molecule has 2 rings (SSSR count). The molecule has 0 saturated carbocycles. The second kappa shape index (κ2) is 6.36. The number of aliphatic hydroxyl groups is 2. The van der Waals surface area contributed by atoms with Gasteiger partial charge in [-0.2, -0.15) is 4.98 Å². The zero-order valence-corrected chi connectivity index (χ0v) is 12.1. The van der Waals surface area contributed by atoms with Gasteiger partial charge in [0.25, 0.3) is 0 Å². The van der Waals surface area contributed by atoms with Crippen LogP contribution in [0.3, 0.4) is 0 Å². The molecular weight excluding hydrogens is 349 g/mol. The maximum atomic E-state index is 12.8. The Morgan fingerprint density at radius 3 is 2.90 bits per heavy atom. The molecule has 1 aromatic rings. The van der Waals surface area contributed by atoms with Crippen LogP contribution in [-0.2, 0) is 4.74 Å². The fourth-order valence-corrected chi connectivity index (χ4v) is 2.20. The van der Waals surface area contributed by atoms with E-state index in [4.69, 9.17) is 15.6 Å². The number of nitrogens with zero attached hydrogens (tertiary/aromatic N) is 2. The van der Waals surface area contributed by atoms with Crippen molar-refractivity contribution < 1.29 is 19.3 Å². The highest BCUT2D eigenvalue weighted by Crippen LogP contribution is 2.32. The van der Waals surface area contributed by atoms with Gasteiger partial charge in [0.05, 0.1) is 18.5 Å². The van der Waals surface area contributed by atoms with E-state index >= 15 is 0 Å². The maximum absolute atomic E-state index is 12.8. The topological polar surface area (TPSA) is 111 Å². The Balaban J connectivity index is 2.49. The van der Waals surface area contributed by atoms with E-state index in [1.165, 1.54) is 6.20 Å².